The Balaban J connectivity index is 1.77. The van der Waals surface area contributed by atoms with Gasteiger partial charge < -0.3 is 4.42 Å². The van der Waals surface area contributed by atoms with E-state index in [1.54, 1.807) is 24.5 Å². The molecule has 2 N–H and O–H groups in total. The molecule has 0 atom stereocenters. The third-order valence-corrected chi connectivity index (χ3v) is 3.20. The predicted octanol–water partition coefficient (Wildman–Crippen LogP) is 2.74. The Morgan fingerprint density at radius 3 is 2.75 bits per heavy atom. The first-order valence-electron chi connectivity index (χ1n) is 5.75. The molecule has 0 aliphatic rings. The van der Waals surface area contributed by atoms with Gasteiger partial charge in [0.15, 0.2) is 5.76 Å². The highest BCUT2D eigenvalue weighted by atomic mass is 79.9. The fourth-order valence-electron chi connectivity index (χ4n) is 1.68. The quantitative estimate of drug-likeness (QED) is 0.721. The molecule has 100 valence electrons. The van der Waals surface area contributed by atoms with Gasteiger partial charge in [0.2, 0.25) is 5.95 Å². The minimum Gasteiger partial charge on any atom is -0.450 e. The third-order valence-electron chi connectivity index (χ3n) is 2.57. The second kappa shape index (κ2) is 5.30. The molecule has 0 fully saturated rings. The molecule has 1 amide bonds. The van der Waals surface area contributed by atoms with Crippen LogP contribution >= 0.6 is 15.9 Å². The van der Waals surface area contributed by atoms with E-state index in [0.29, 0.717) is 11.5 Å². The summed E-state index contributed by atoms with van der Waals surface area (Å²) in [6.07, 6.45) is 3.14. The van der Waals surface area contributed by atoms with Crippen LogP contribution in [0.1, 0.15) is 10.6 Å². The number of para-hydroxylation sites is 1. The first kappa shape index (κ1) is 12.6. The number of carbonyl (C=O) groups is 1. The highest BCUT2D eigenvalue weighted by Crippen LogP contribution is 2.26. The van der Waals surface area contributed by atoms with Crippen molar-refractivity contribution in [2.24, 2.45) is 0 Å². The van der Waals surface area contributed by atoms with Gasteiger partial charge in [-0.15, -0.1) is 0 Å². The normalized spacial score (nSPS) is 10.4. The van der Waals surface area contributed by atoms with Crippen molar-refractivity contribution in [2.45, 2.75) is 0 Å². The number of carbonyl (C=O) groups excluding carboxylic acids is 1. The number of rotatable bonds is 3. The standard InChI is InChI=1S/C13H9BrN4O2/c14-9-4-1-3-8-7-10(20-11(8)9)12(19)17-18-13-15-5-2-6-16-13/h1-7H,(H,17,19)(H,15,16,18). The first-order valence-corrected chi connectivity index (χ1v) is 6.55. The lowest BCUT2D eigenvalue weighted by Gasteiger charge is -2.03. The molecule has 7 heteroatoms. The van der Waals surface area contributed by atoms with Gasteiger partial charge in [-0.1, -0.05) is 12.1 Å². The molecule has 0 bridgehead atoms. The van der Waals surface area contributed by atoms with Crippen LogP contribution in [-0.4, -0.2) is 15.9 Å². The second-order valence-electron chi connectivity index (χ2n) is 3.92. The van der Waals surface area contributed by atoms with Crippen LogP contribution in [0.3, 0.4) is 0 Å². The molecular weight excluding hydrogens is 324 g/mol. The van der Waals surface area contributed by atoms with E-state index in [2.05, 4.69) is 36.7 Å². The Kier molecular flexibility index (Phi) is 3.34. The zero-order chi connectivity index (χ0) is 13.9. The molecule has 20 heavy (non-hydrogen) atoms. The van der Waals surface area contributed by atoms with Gasteiger partial charge in [0.1, 0.15) is 5.58 Å². The lowest BCUT2D eigenvalue weighted by molar-refractivity contribution is 0.0937. The zero-order valence-corrected chi connectivity index (χ0v) is 11.7. The molecule has 0 radical (unpaired) electrons. The maximum absolute atomic E-state index is 12.0. The van der Waals surface area contributed by atoms with Crippen molar-refractivity contribution in [1.29, 1.82) is 0 Å². The number of hydrazine groups is 1. The van der Waals surface area contributed by atoms with Crippen LogP contribution in [0.4, 0.5) is 5.95 Å². The van der Waals surface area contributed by atoms with E-state index in [1.165, 1.54) is 0 Å². The molecule has 0 aliphatic carbocycles. The SMILES string of the molecule is O=C(NNc1ncccn1)c1cc2cccc(Br)c2o1. The Morgan fingerprint density at radius 2 is 2.00 bits per heavy atom. The molecule has 3 rings (SSSR count). The lowest BCUT2D eigenvalue weighted by atomic mass is 10.2. The Labute approximate surface area is 122 Å². The van der Waals surface area contributed by atoms with Gasteiger partial charge in [0.25, 0.3) is 0 Å². The van der Waals surface area contributed by atoms with Crippen molar-refractivity contribution < 1.29 is 9.21 Å². The lowest BCUT2D eigenvalue weighted by Crippen LogP contribution is -2.29. The summed E-state index contributed by atoms with van der Waals surface area (Å²) in [7, 11) is 0. The number of nitrogens with one attached hydrogen (secondary N) is 2. The van der Waals surface area contributed by atoms with Crippen LogP contribution in [0.2, 0.25) is 0 Å². The number of anilines is 1. The van der Waals surface area contributed by atoms with Gasteiger partial charge in [-0.05, 0) is 34.1 Å². The smallest absolute Gasteiger partial charge is 0.305 e. The molecule has 0 unspecified atom stereocenters. The maximum Gasteiger partial charge on any atom is 0.305 e. The largest absolute Gasteiger partial charge is 0.450 e. The van der Waals surface area contributed by atoms with Crippen LogP contribution in [0.25, 0.3) is 11.0 Å². The monoisotopic (exact) mass is 332 g/mol. The number of furan rings is 1. The van der Waals surface area contributed by atoms with Crippen LogP contribution in [0.5, 0.6) is 0 Å². The fourth-order valence-corrected chi connectivity index (χ4v) is 2.14. The Hall–Kier alpha value is -2.41. The summed E-state index contributed by atoms with van der Waals surface area (Å²) >= 11 is 3.37. The van der Waals surface area contributed by atoms with Gasteiger partial charge >= 0.3 is 5.91 Å². The molecule has 2 heterocycles. The van der Waals surface area contributed by atoms with E-state index >= 15 is 0 Å². The summed E-state index contributed by atoms with van der Waals surface area (Å²) in [5.41, 5.74) is 5.71. The van der Waals surface area contributed by atoms with E-state index in [4.69, 9.17) is 4.42 Å². The number of nitrogens with zero attached hydrogens (tertiary/aromatic N) is 2. The Morgan fingerprint density at radius 1 is 1.20 bits per heavy atom. The van der Waals surface area contributed by atoms with E-state index in [9.17, 15) is 4.79 Å². The third kappa shape index (κ3) is 2.48. The minimum absolute atomic E-state index is 0.204. The molecular formula is C13H9BrN4O2. The minimum atomic E-state index is -0.402. The molecule has 2 aromatic heterocycles. The van der Waals surface area contributed by atoms with Gasteiger partial charge in [-0.25, -0.2) is 9.97 Å². The molecule has 1 aromatic carbocycles. The number of amides is 1. The van der Waals surface area contributed by atoms with Crippen molar-refractivity contribution in [3.63, 3.8) is 0 Å². The van der Waals surface area contributed by atoms with E-state index in [1.807, 2.05) is 18.2 Å². The van der Waals surface area contributed by atoms with Crippen molar-refractivity contribution in [3.05, 3.63) is 53.0 Å². The molecule has 6 nitrogen and oxygen atoms in total. The highest BCUT2D eigenvalue weighted by Gasteiger charge is 2.13. The first-order chi connectivity index (χ1) is 9.74. The van der Waals surface area contributed by atoms with Crippen molar-refractivity contribution in [1.82, 2.24) is 15.4 Å². The number of hydrogen-bond donors (Lipinski definition) is 2. The maximum atomic E-state index is 12.0. The van der Waals surface area contributed by atoms with Crippen molar-refractivity contribution in [2.75, 3.05) is 5.43 Å². The van der Waals surface area contributed by atoms with Crippen LogP contribution < -0.4 is 10.9 Å². The molecule has 3 aromatic rings. The molecule has 0 spiro atoms. The van der Waals surface area contributed by atoms with E-state index in [0.717, 1.165) is 9.86 Å². The van der Waals surface area contributed by atoms with Gasteiger partial charge in [-0.3, -0.25) is 15.6 Å². The van der Waals surface area contributed by atoms with Crippen LogP contribution in [0, 0.1) is 0 Å². The number of fused-ring (bicyclic) bond motifs is 1. The van der Waals surface area contributed by atoms with Crippen molar-refractivity contribution in [3.8, 4) is 0 Å². The number of halogens is 1. The summed E-state index contributed by atoms with van der Waals surface area (Å²) in [4.78, 5) is 19.8. The summed E-state index contributed by atoms with van der Waals surface area (Å²) in [6, 6.07) is 8.95. The summed E-state index contributed by atoms with van der Waals surface area (Å²) < 4.78 is 6.31. The molecule has 0 aliphatic heterocycles. The fraction of sp³-hybridized carbons (Fsp3) is 0. The zero-order valence-electron chi connectivity index (χ0n) is 10.1. The number of hydrogen-bond acceptors (Lipinski definition) is 5. The highest BCUT2D eigenvalue weighted by molar-refractivity contribution is 9.10. The van der Waals surface area contributed by atoms with Gasteiger partial charge in [0, 0.05) is 17.8 Å². The average molecular weight is 333 g/mol. The van der Waals surface area contributed by atoms with Gasteiger partial charge in [-0.2, -0.15) is 0 Å². The topological polar surface area (TPSA) is 80.0 Å². The van der Waals surface area contributed by atoms with E-state index < -0.39 is 5.91 Å². The average Bonchev–Trinajstić information content (AvgIpc) is 2.91. The van der Waals surface area contributed by atoms with E-state index in [-0.39, 0.29) is 5.76 Å². The summed E-state index contributed by atoms with van der Waals surface area (Å²) in [5.74, 6) is 0.106. The van der Waals surface area contributed by atoms with Crippen molar-refractivity contribution >= 4 is 38.8 Å². The summed E-state index contributed by atoms with van der Waals surface area (Å²) in [5, 5.41) is 0.848. The predicted molar refractivity (Wildman–Crippen MR) is 77.0 cm³/mol. The van der Waals surface area contributed by atoms with Crippen LogP contribution in [0.15, 0.2) is 51.6 Å². The number of aromatic nitrogens is 2. The number of benzene rings is 1. The molecule has 0 saturated heterocycles. The van der Waals surface area contributed by atoms with Crippen LogP contribution in [-0.2, 0) is 0 Å². The molecule has 0 saturated carbocycles. The summed E-state index contributed by atoms with van der Waals surface area (Å²) in [6.45, 7) is 0. The second-order valence-corrected chi connectivity index (χ2v) is 4.77. The Bertz CT molecular complexity index is 757. The van der Waals surface area contributed by atoms with Gasteiger partial charge in [0.05, 0.1) is 4.47 Å².